The van der Waals surface area contributed by atoms with Gasteiger partial charge in [0.25, 0.3) is 0 Å². The van der Waals surface area contributed by atoms with E-state index in [0.717, 1.165) is 32.9 Å². The molecule has 1 N–H and O–H groups in total. The van der Waals surface area contributed by atoms with Crippen molar-refractivity contribution < 1.29 is 9.47 Å². The van der Waals surface area contributed by atoms with E-state index in [2.05, 4.69) is 12.2 Å². The lowest BCUT2D eigenvalue weighted by Gasteiger charge is -2.23. The molecule has 0 aliphatic carbocycles. The zero-order valence-corrected chi connectivity index (χ0v) is 7.84. The summed E-state index contributed by atoms with van der Waals surface area (Å²) in [4.78, 5) is 0. The third-order valence-electron chi connectivity index (χ3n) is 1.96. The first kappa shape index (κ1) is 9.96. The third kappa shape index (κ3) is 4.04. The fraction of sp³-hybridized carbons (Fsp3) is 1.00. The second kappa shape index (κ2) is 6.40. The van der Waals surface area contributed by atoms with E-state index in [9.17, 15) is 0 Å². The van der Waals surface area contributed by atoms with Crippen molar-refractivity contribution in [2.75, 3.05) is 32.9 Å². The van der Waals surface area contributed by atoms with Crippen LogP contribution in [0.5, 0.6) is 0 Å². The molecule has 1 saturated heterocycles. The number of rotatable bonds is 5. The molecule has 1 unspecified atom stereocenters. The molecule has 1 fully saturated rings. The second-order valence-corrected chi connectivity index (χ2v) is 3.13. The van der Waals surface area contributed by atoms with Gasteiger partial charge < -0.3 is 14.8 Å². The molecule has 0 amide bonds. The van der Waals surface area contributed by atoms with Crippen molar-refractivity contribution in [3.05, 3.63) is 0 Å². The highest BCUT2D eigenvalue weighted by Gasteiger charge is 2.12. The molecular weight excluding hydrogens is 154 g/mol. The molecule has 0 aromatic heterocycles. The lowest BCUT2D eigenvalue weighted by Crippen LogP contribution is -2.37. The Balaban J connectivity index is 1.91. The summed E-state index contributed by atoms with van der Waals surface area (Å²) in [7, 11) is 0. The van der Waals surface area contributed by atoms with Crippen molar-refractivity contribution in [1.82, 2.24) is 5.32 Å². The fourth-order valence-corrected chi connectivity index (χ4v) is 1.22. The predicted molar refractivity (Wildman–Crippen MR) is 48.3 cm³/mol. The molecule has 0 bridgehead atoms. The smallest absolute Gasteiger partial charge is 0.0933 e. The van der Waals surface area contributed by atoms with Crippen LogP contribution in [0.3, 0.4) is 0 Å². The zero-order valence-electron chi connectivity index (χ0n) is 7.84. The largest absolute Gasteiger partial charge is 0.376 e. The summed E-state index contributed by atoms with van der Waals surface area (Å²) >= 11 is 0. The number of unbranched alkanes of at least 4 members (excludes halogenated alkanes) is 1. The van der Waals surface area contributed by atoms with Crippen molar-refractivity contribution in [2.24, 2.45) is 0 Å². The Morgan fingerprint density at radius 3 is 3.00 bits per heavy atom. The van der Waals surface area contributed by atoms with Crippen LogP contribution in [0.25, 0.3) is 0 Å². The van der Waals surface area contributed by atoms with Gasteiger partial charge in [0.15, 0.2) is 0 Å². The summed E-state index contributed by atoms with van der Waals surface area (Å²) in [6.07, 6.45) is 2.76. The summed E-state index contributed by atoms with van der Waals surface area (Å²) in [6.45, 7) is 6.48. The molecule has 0 aromatic carbocycles. The first-order valence-electron chi connectivity index (χ1n) is 4.83. The molecule has 0 aromatic rings. The van der Waals surface area contributed by atoms with E-state index in [-0.39, 0.29) is 6.10 Å². The van der Waals surface area contributed by atoms with Gasteiger partial charge in [-0.2, -0.15) is 0 Å². The molecule has 1 heterocycles. The minimum Gasteiger partial charge on any atom is -0.376 e. The normalized spacial score (nSPS) is 24.2. The summed E-state index contributed by atoms with van der Waals surface area (Å²) < 4.78 is 10.7. The fourth-order valence-electron chi connectivity index (χ4n) is 1.22. The van der Waals surface area contributed by atoms with E-state index >= 15 is 0 Å². The Bertz CT molecular complexity index is 103. The molecule has 1 aliphatic rings. The average molecular weight is 173 g/mol. The van der Waals surface area contributed by atoms with E-state index in [1.165, 1.54) is 12.8 Å². The number of hydrogen-bond donors (Lipinski definition) is 1. The van der Waals surface area contributed by atoms with Gasteiger partial charge in [-0.1, -0.05) is 13.3 Å². The summed E-state index contributed by atoms with van der Waals surface area (Å²) in [6, 6.07) is 0. The van der Waals surface area contributed by atoms with Crippen LogP contribution in [0.15, 0.2) is 0 Å². The number of nitrogens with one attached hydrogen (secondary N) is 1. The Kier molecular flexibility index (Phi) is 5.32. The van der Waals surface area contributed by atoms with E-state index in [1.807, 2.05) is 0 Å². The van der Waals surface area contributed by atoms with Crippen LogP contribution < -0.4 is 5.32 Å². The maximum absolute atomic E-state index is 5.47. The van der Waals surface area contributed by atoms with Gasteiger partial charge in [-0.3, -0.25) is 0 Å². The lowest BCUT2D eigenvalue weighted by molar-refractivity contribution is -0.0863. The molecule has 0 radical (unpaired) electrons. The molecule has 1 rings (SSSR count). The molecule has 72 valence electrons. The Morgan fingerprint density at radius 2 is 2.33 bits per heavy atom. The van der Waals surface area contributed by atoms with Crippen LogP contribution in [-0.2, 0) is 9.47 Å². The standard InChI is InChI=1S/C9H19NO2/c1-2-3-4-10-7-9-8-11-5-6-12-9/h9-10H,2-8H2,1H3. The molecule has 12 heavy (non-hydrogen) atoms. The minimum absolute atomic E-state index is 0.274. The highest BCUT2D eigenvalue weighted by atomic mass is 16.6. The van der Waals surface area contributed by atoms with Gasteiger partial charge in [0.2, 0.25) is 0 Å². The molecule has 1 atom stereocenters. The van der Waals surface area contributed by atoms with Crippen LogP contribution in [-0.4, -0.2) is 39.0 Å². The van der Waals surface area contributed by atoms with Crippen LogP contribution >= 0.6 is 0 Å². The first-order chi connectivity index (χ1) is 5.93. The number of ether oxygens (including phenoxy) is 2. The zero-order chi connectivity index (χ0) is 8.65. The molecule has 0 saturated carbocycles. The highest BCUT2D eigenvalue weighted by Crippen LogP contribution is 1.98. The van der Waals surface area contributed by atoms with Crippen molar-refractivity contribution in [3.63, 3.8) is 0 Å². The van der Waals surface area contributed by atoms with Crippen molar-refractivity contribution in [2.45, 2.75) is 25.9 Å². The van der Waals surface area contributed by atoms with E-state index < -0.39 is 0 Å². The van der Waals surface area contributed by atoms with Gasteiger partial charge in [-0.05, 0) is 13.0 Å². The molecule has 3 heteroatoms. The van der Waals surface area contributed by atoms with Gasteiger partial charge in [0, 0.05) is 6.54 Å². The quantitative estimate of drug-likeness (QED) is 0.624. The lowest BCUT2D eigenvalue weighted by atomic mass is 10.3. The maximum atomic E-state index is 5.47. The monoisotopic (exact) mass is 173 g/mol. The summed E-state index contributed by atoms with van der Waals surface area (Å²) in [5, 5.41) is 3.35. The van der Waals surface area contributed by atoms with Gasteiger partial charge >= 0.3 is 0 Å². The Labute approximate surface area is 74.4 Å². The number of hydrogen-bond acceptors (Lipinski definition) is 3. The molecule has 1 aliphatic heterocycles. The van der Waals surface area contributed by atoms with Crippen LogP contribution in [0.1, 0.15) is 19.8 Å². The maximum Gasteiger partial charge on any atom is 0.0933 e. The Hall–Kier alpha value is -0.120. The Morgan fingerprint density at radius 1 is 1.42 bits per heavy atom. The molecule has 3 nitrogen and oxygen atoms in total. The topological polar surface area (TPSA) is 30.5 Å². The van der Waals surface area contributed by atoms with Crippen LogP contribution in [0.4, 0.5) is 0 Å². The predicted octanol–water partition coefficient (Wildman–Crippen LogP) is 0.791. The first-order valence-corrected chi connectivity index (χ1v) is 4.83. The van der Waals surface area contributed by atoms with Crippen molar-refractivity contribution >= 4 is 0 Å². The van der Waals surface area contributed by atoms with E-state index in [1.54, 1.807) is 0 Å². The minimum atomic E-state index is 0.274. The van der Waals surface area contributed by atoms with E-state index in [4.69, 9.17) is 9.47 Å². The van der Waals surface area contributed by atoms with Crippen LogP contribution in [0, 0.1) is 0 Å². The average Bonchev–Trinajstić information content (AvgIpc) is 2.14. The second-order valence-electron chi connectivity index (χ2n) is 3.13. The summed E-state index contributed by atoms with van der Waals surface area (Å²) in [5.41, 5.74) is 0. The van der Waals surface area contributed by atoms with Gasteiger partial charge in [-0.25, -0.2) is 0 Å². The van der Waals surface area contributed by atoms with Crippen LogP contribution in [0.2, 0.25) is 0 Å². The molecule has 0 spiro atoms. The van der Waals surface area contributed by atoms with Gasteiger partial charge in [0.05, 0.1) is 25.9 Å². The summed E-state index contributed by atoms with van der Waals surface area (Å²) in [5.74, 6) is 0. The SMILES string of the molecule is CCCCNCC1COCCO1. The third-order valence-corrected chi connectivity index (χ3v) is 1.96. The van der Waals surface area contributed by atoms with Gasteiger partial charge in [0.1, 0.15) is 0 Å². The highest BCUT2D eigenvalue weighted by molar-refractivity contribution is 4.63. The van der Waals surface area contributed by atoms with Crippen molar-refractivity contribution in [3.8, 4) is 0 Å². The molecular formula is C9H19NO2. The van der Waals surface area contributed by atoms with E-state index in [0.29, 0.717) is 0 Å². The van der Waals surface area contributed by atoms with Crippen molar-refractivity contribution in [1.29, 1.82) is 0 Å². The van der Waals surface area contributed by atoms with Gasteiger partial charge in [-0.15, -0.1) is 0 Å².